The molecule has 256 valence electrons. The Morgan fingerprint density at radius 1 is 1.02 bits per heavy atom. The van der Waals surface area contributed by atoms with Crippen LogP contribution in [-0.4, -0.2) is 46.2 Å². The molecular formula is C40H52N4O4. The SMILES string of the molecule is CCOC(=O)CC(c1cncc(OCCCC(=O)NCCCC(C)(C)C)c1)n1ccc2c(CCc3ccc4c(n3)CCCC4)cccc21. The van der Waals surface area contributed by atoms with Crippen LogP contribution in [0, 0.1) is 5.41 Å². The average Bonchev–Trinajstić information content (AvgIpc) is 3.51. The minimum Gasteiger partial charge on any atom is -0.492 e. The first-order chi connectivity index (χ1) is 23.2. The van der Waals surface area contributed by atoms with E-state index in [0.717, 1.165) is 55.3 Å². The van der Waals surface area contributed by atoms with Gasteiger partial charge in [0.25, 0.3) is 0 Å². The van der Waals surface area contributed by atoms with Crippen LogP contribution >= 0.6 is 0 Å². The van der Waals surface area contributed by atoms with Crippen molar-refractivity contribution in [2.24, 2.45) is 5.41 Å². The van der Waals surface area contributed by atoms with Crippen molar-refractivity contribution in [1.82, 2.24) is 19.9 Å². The number of rotatable bonds is 16. The molecule has 0 aliphatic heterocycles. The van der Waals surface area contributed by atoms with Crippen LogP contribution in [0.15, 0.2) is 61.1 Å². The van der Waals surface area contributed by atoms with Gasteiger partial charge in [0.1, 0.15) is 5.75 Å². The minimum atomic E-state index is -0.325. The molecule has 1 N–H and O–H groups in total. The van der Waals surface area contributed by atoms with Crippen LogP contribution in [-0.2, 0) is 40.0 Å². The monoisotopic (exact) mass is 652 g/mol. The second-order valence-electron chi connectivity index (χ2n) is 14.1. The van der Waals surface area contributed by atoms with Crippen LogP contribution < -0.4 is 10.1 Å². The number of esters is 1. The molecule has 0 bridgehead atoms. The van der Waals surface area contributed by atoms with Gasteiger partial charge in [-0.3, -0.25) is 19.6 Å². The van der Waals surface area contributed by atoms with E-state index in [1.165, 1.54) is 35.0 Å². The van der Waals surface area contributed by atoms with E-state index in [1.807, 2.05) is 13.0 Å². The van der Waals surface area contributed by atoms with E-state index in [0.29, 0.717) is 38.3 Å². The molecule has 4 aromatic rings. The lowest BCUT2D eigenvalue weighted by Crippen LogP contribution is -2.25. The molecule has 0 radical (unpaired) electrons. The molecule has 1 aliphatic rings. The number of aryl methyl sites for hydroxylation is 4. The highest BCUT2D eigenvalue weighted by Crippen LogP contribution is 2.32. The molecule has 5 rings (SSSR count). The maximum Gasteiger partial charge on any atom is 0.308 e. The first-order valence-electron chi connectivity index (χ1n) is 17.8. The normalized spacial score (nSPS) is 13.6. The standard InChI is InChI=1S/C40H52N4O4/c1-5-47-39(46)26-37(31-25-33(28-41-27-31)48-24-9-15-38(45)42-22-10-21-40(2,3)4)44-23-20-34-29(12-8-14-36(34)44)16-18-32-19-17-30-11-6-7-13-35(30)43-32/h8,12,14,17,19-20,23,25,27-28,37H,5-7,9-11,13,15-16,18,21-22,24,26H2,1-4H3,(H,42,45). The molecule has 0 saturated heterocycles. The maximum atomic E-state index is 12.9. The summed E-state index contributed by atoms with van der Waals surface area (Å²) in [5.74, 6) is 0.396. The molecule has 1 unspecified atom stereocenters. The Balaban J connectivity index is 1.25. The molecule has 3 heterocycles. The summed E-state index contributed by atoms with van der Waals surface area (Å²) in [5, 5.41) is 4.18. The number of nitrogens with one attached hydrogen (secondary N) is 1. The predicted molar refractivity (Wildman–Crippen MR) is 190 cm³/mol. The van der Waals surface area contributed by atoms with Gasteiger partial charge < -0.3 is 19.4 Å². The zero-order valence-corrected chi connectivity index (χ0v) is 29.2. The van der Waals surface area contributed by atoms with Gasteiger partial charge in [-0.1, -0.05) is 39.0 Å². The first-order valence-corrected chi connectivity index (χ1v) is 17.8. The Labute approximate surface area is 285 Å². The van der Waals surface area contributed by atoms with Crippen LogP contribution in [0.5, 0.6) is 5.75 Å². The summed E-state index contributed by atoms with van der Waals surface area (Å²) in [6.07, 6.45) is 15.2. The Morgan fingerprint density at radius 2 is 1.88 bits per heavy atom. The highest BCUT2D eigenvalue weighted by Gasteiger charge is 2.22. The summed E-state index contributed by atoms with van der Waals surface area (Å²) in [5.41, 5.74) is 7.27. The minimum absolute atomic E-state index is 0.0479. The number of nitrogens with zero attached hydrogens (tertiary/aromatic N) is 3. The largest absolute Gasteiger partial charge is 0.492 e. The molecule has 0 saturated carbocycles. The molecule has 0 spiro atoms. The van der Waals surface area contributed by atoms with E-state index in [1.54, 1.807) is 12.4 Å². The van der Waals surface area contributed by atoms with Crippen molar-refractivity contribution < 1.29 is 19.1 Å². The molecule has 1 aliphatic carbocycles. The molecule has 0 fully saturated rings. The second kappa shape index (κ2) is 16.8. The van der Waals surface area contributed by atoms with Gasteiger partial charge >= 0.3 is 5.97 Å². The predicted octanol–water partition coefficient (Wildman–Crippen LogP) is 7.74. The zero-order valence-electron chi connectivity index (χ0n) is 29.2. The lowest BCUT2D eigenvalue weighted by Gasteiger charge is -2.21. The quantitative estimate of drug-likeness (QED) is 0.0983. The third kappa shape index (κ3) is 9.91. The second-order valence-corrected chi connectivity index (χ2v) is 14.1. The smallest absolute Gasteiger partial charge is 0.308 e. The van der Waals surface area contributed by atoms with Crippen LogP contribution in [0.2, 0.25) is 0 Å². The van der Waals surface area contributed by atoms with E-state index < -0.39 is 0 Å². The molecule has 1 atom stereocenters. The Kier molecular flexibility index (Phi) is 12.3. The highest BCUT2D eigenvalue weighted by atomic mass is 16.5. The topological polar surface area (TPSA) is 95.3 Å². The number of carbonyl (C=O) groups excluding carboxylic acids is 2. The van der Waals surface area contributed by atoms with Crippen molar-refractivity contribution in [3.05, 3.63) is 89.1 Å². The van der Waals surface area contributed by atoms with Crippen LogP contribution in [0.4, 0.5) is 0 Å². The number of fused-ring (bicyclic) bond motifs is 2. The van der Waals surface area contributed by atoms with Gasteiger partial charge in [-0.05, 0) is 111 Å². The lowest BCUT2D eigenvalue weighted by atomic mass is 9.91. The summed E-state index contributed by atoms with van der Waals surface area (Å²) < 4.78 is 13.6. The van der Waals surface area contributed by atoms with E-state index in [9.17, 15) is 9.59 Å². The number of pyridine rings is 2. The van der Waals surface area contributed by atoms with Gasteiger partial charge in [0, 0.05) is 47.7 Å². The molecular weight excluding hydrogens is 600 g/mol. The van der Waals surface area contributed by atoms with Gasteiger partial charge in [-0.15, -0.1) is 0 Å². The van der Waals surface area contributed by atoms with Crippen molar-refractivity contribution in [1.29, 1.82) is 0 Å². The number of ether oxygens (including phenoxy) is 2. The van der Waals surface area contributed by atoms with Gasteiger partial charge in [-0.25, -0.2) is 0 Å². The number of amides is 1. The van der Waals surface area contributed by atoms with Crippen molar-refractivity contribution in [3.8, 4) is 5.75 Å². The number of aromatic nitrogens is 3. The molecule has 3 aromatic heterocycles. The number of hydrogen-bond acceptors (Lipinski definition) is 6. The highest BCUT2D eigenvalue weighted by molar-refractivity contribution is 5.84. The fraction of sp³-hybridized carbons (Fsp3) is 0.500. The molecule has 1 aromatic carbocycles. The molecule has 48 heavy (non-hydrogen) atoms. The molecule has 8 heteroatoms. The van der Waals surface area contributed by atoms with Crippen molar-refractivity contribution in [2.75, 3.05) is 19.8 Å². The van der Waals surface area contributed by atoms with Gasteiger partial charge in [0.05, 0.1) is 31.9 Å². The third-order valence-electron chi connectivity index (χ3n) is 9.10. The summed E-state index contributed by atoms with van der Waals surface area (Å²) in [6.45, 7) is 9.88. The van der Waals surface area contributed by atoms with Gasteiger partial charge in [0.15, 0.2) is 0 Å². The summed E-state index contributed by atoms with van der Waals surface area (Å²) in [4.78, 5) is 34.6. The summed E-state index contributed by atoms with van der Waals surface area (Å²) in [7, 11) is 0. The van der Waals surface area contributed by atoms with Crippen molar-refractivity contribution in [2.45, 2.75) is 104 Å². The fourth-order valence-electron chi connectivity index (χ4n) is 6.58. The lowest BCUT2D eigenvalue weighted by molar-refractivity contribution is -0.143. The number of benzene rings is 1. The van der Waals surface area contributed by atoms with Crippen molar-refractivity contribution >= 4 is 22.8 Å². The van der Waals surface area contributed by atoms with Gasteiger partial charge in [-0.2, -0.15) is 0 Å². The Morgan fingerprint density at radius 3 is 2.71 bits per heavy atom. The first kappa shape index (κ1) is 35.1. The maximum absolute atomic E-state index is 12.9. The van der Waals surface area contributed by atoms with E-state index in [-0.39, 0.29) is 29.8 Å². The molecule has 1 amide bonds. The summed E-state index contributed by atoms with van der Waals surface area (Å²) >= 11 is 0. The van der Waals surface area contributed by atoms with Crippen LogP contribution in [0.25, 0.3) is 10.9 Å². The van der Waals surface area contributed by atoms with Crippen LogP contribution in [0.1, 0.15) is 107 Å². The average molecular weight is 653 g/mol. The number of carbonyl (C=O) groups is 2. The third-order valence-corrected chi connectivity index (χ3v) is 9.10. The Bertz CT molecular complexity index is 1670. The van der Waals surface area contributed by atoms with Crippen LogP contribution in [0.3, 0.4) is 0 Å². The Hall–Kier alpha value is -4.20. The van der Waals surface area contributed by atoms with Crippen molar-refractivity contribution in [3.63, 3.8) is 0 Å². The van der Waals surface area contributed by atoms with E-state index >= 15 is 0 Å². The molecule has 8 nitrogen and oxygen atoms in total. The van der Waals surface area contributed by atoms with Gasteiger partial charge in [0.2, 0.25) is 5.91 Å². The van der Waals surface area contributed by atoms with E-state index in [2.05, 4.69) is 78.2 Å². The fourth-order valence-corrected chi connectivity index (χ4v) is 6.58. The zero-order chi connectivity index (χ0) is 33.9. The number of hydrogen-bond donors (Lipinski definition) is 1. The van der Waals surface area contributed by atoms with E-state index in [4.69, 9.17) is 14.5 Å². The summed E-state index contributed by atoms with van der Waals surface area (Å²) in [6, 6.07) is 14.6.